The molecule has 0 aliphatic heterocycles. The monoisotopic (exact) mass is 148 g/mol. The minimum atomic E-state index is 0.644. The number of nitrogens with zero attached hydrogens (tertiary/aromatic N) is 2. The molecule has 3 nitrogen and oxygen atoms in total. The summed E-state index contributed by atoms with van der Waals surface area (Å²) < 4.78 is 0. The molecule has 0 atom stereocenters. The van der Waals surface area contributed by atoms with Crippen LogP contribution in [-0.2, 0) is 4.79 Å². The fourth-order valence-corrected chi connectivity index (χ4v) is 0.652. The topological polar surface area (TPSA) is 42.9 Å². The Morgan fingerprint density at radius 3 is 2.91 bits per heavy atom. The van der Waals surface area contributed by atoms with E-state index in [1.165, 1.54) is 0 Å². The van der Waals surface area contributed by atoms with Gasteiger partial charge in [0.25, 0.3) is 0 Å². The molecular weight excluding hydrogens is 140 g/mol. The number of hydrogen-bond donors (Lipinski definition) is 0. The highest BCUT2D eigenvalue weighted by atomic mass is 16.1. The fraction of sp³-hybridized carbons (Fsp3) is 0.125. The van der Waals surface area contributed by atoms with Crippen molar-refractivity contribution in [2.24, 2.45) is 0 Å². The van der Waals surface area contributed by atoms with E-state index < -0.39 is 0 Å². The highest BCUT2D eigenvalue weighted by Gasteiger charge is 1.88. The molecule has 0 bridgehead atoms. The van der Waals surface area contributed by atoms with Gasteiger partial charge in [-0.1, -0.05) is 0 Å². The molecule has 0 saturated heterocycles. The summed E-state index contributed by atoms with van der Waals surface area (Å²) in [6.07, 6.45) is 7.25. The standard InChI is InChI=1S/C8H8N2O/c1-7(6-11)4-8-5-9-2-3-10-8/h2-6H,1H3/b7-4+. The lowest BCUT2D eigenvalue weighted by molar-refractivity contribution is -0.104. The molecule has 3 heteroatoms. The summed E-state index contributed by atoms with van der Waals surface area (Å²) in [5.74, 6) is 0. The Morgan fingerprint density at radius 1 is 1.55 bits per heavy atom. The largest absolute Gasteiger partial charge is 0.298 e. The van der Waals surface area contributed by atoms with Crippen molar-refractivity contribution >= 4 is 12.4 Å². The summed E-state index contributed by atoms with van der Waals surface area (Å²) in [5, 5.41) is 0. The zero-order valence-corrected chi connectivity index (χ0v) is 6.19. The molecule has 11 heavy (non-hydrogen) atoms. The molecule has 0 aliphatic carbocycles. The summed E-state index contributed by atoms with van der Waals surface area (Å²) in [7, 11) is 0. The van der Waals surface area contributed by atoms with Crippen molar-refractivity contribution in [2.45, 2.75) is 6.92 Å². The quantitative estimate of drug-likeness (QED) is 0.465. The molecule has 1 rings (SSSR count). The van der Waals surface area contributed by atoms with Crippen LogP contribution < -0.4 is 0 Å². The zero-order valence-electron chi connectivity index (χ0n) is 6.19. The van der Waals surface area contributed by atoms with E-state index in [0.29, 0.717) is 11.3 Å². The van der Waals surface area contributed by atoms with Crippen LogP contribution in [0.4, 0.5) is 0 Å². The Kier molecular flexibility index (Phi) is 2.49. The molecule has 0 unspecified atom stereocenters. The van der Waals surface area contributed by atoms with E-state index in [1.54, 1.807) is 31.6 Å². The fourth-order valence-electron chi connectivity index (χ4n) is 0.652. The van der Waals surface area contributed by atoms with Crippen molar-refractivity contribution in [3.8, 4) is 0 Å². The molecular formula is C8H8N2O. The number of carbonyl (C=O) groups is 1. The first kappa shape index (κ1) is 7.60. The van der Waals surface area contributed by atoms with Gasteiger partial charge < -0.3 is 0 Å². The smallest absolute Gasteiger partial charge is 0.145 e. The summed E-state index contributed by atoms with van der Waals surface area (Å²) in [6, 6.07) is 0. The third kappa shape index (κ3) is 2.29. The van der Waals surface area contributed by atoms with Crippen molar-refractivity contribution in [1.82, 2.24) is 9.97 Å². The Balaban J connectivity index is 2.87. The van der Waals surface area contributed by atoms with Gasteiger partial charge in [0.05, 0.1) is 11.9 Å². The maximum atomic E-state index is 10.2. The number of aldehydes is 1. The van der Waals surface area contributed by atoms with Gasteiger partial charge in [0, 0.05) is 12.4 Å². The predicted octanol–water partition coefficient (Wildman–Crippen LogP) is 1.08. The van der Waals surface area contributed by atoms with Crippen LogP contribution in [0.2, 0.25) is 0 Å². The average molecular weight is 148 g/mol. The molecule has 0 amide bonds. The predicted molar refractivity (Wildman–Crippen MR) is 41.7 cm³/mol. The second kappa shape index (κ2) is 3.61. The number of aromatic nitrogens is 2. The minimum Gasteiger partial charge on any atom is -0.298 e. The summed E-state index contributed by atoms with van der Waals surface area (Å²) in [6.45, 7) is 1.72. The first-order valence-corrected chi connectivity index (χ1v) is 3.22. The lowest BCUT2D eigenvalue weighted by Crippen LogP contribution is -1.83. The normalized spacial score (nSPS) is 11.2. The second-order valence-electron chi connectivity index (χ2n) is 2.14. The van der Waals surface area contributed by atoms with Crippen molar-refractivity contribution in [1.29, 1.82) is 0 Å². The third-order valence-electron chi connectivity index (χ3n) is 1.14. The van der Waals surface area contributed by atoms with Crippen LogP contribution in [0.3, 0.4) is 0 Å². The number of rotatable bonds is 2. The van der Waals surface area contributed by atoms with Crippen molar-refractivity contribution in [3.05, 3.63) is 29.9 Å². The van der Waals surface area contributed by atoms with Gasteiger partial charge in [-0.15, -0.1) is 0 Å². The Labute approximate surface area is 64.8 Å². The van der Waals surface area contributed by atoms with Gasteiger partial charge in [0.1, 0.15) is 6.29 Å². The zero-order chi connectivity index (χ0) is 8.10. The maximum Gasteiger partial charge on any atom is 0.145 e. The lowest BCUT2D eigenvalue weighted by atomic mass is 10.3. The van der Waals surface area contributed by atoms with Gasteiger partial charge in [-0.05, 0) is 18.6 Å². The summed E-state index contributed by atoms with van der Waals surface area (Å²) in [5.41, 5.74) is 1.35. The van der Waals surface area contributed by atoms with Crippen LogP contribution in [-0.4, -0.2) is 16.3 Å². The molecule has 0 aliphatic rings. The van der Waals surface area contributed by atoms with Gasteiger partial charge in [0.15, 0.2) is 0 Å². The van der Waals surface area contributed by atoms with Gasteiger partial charge >= 0.3 is 0 Å². The van der Waals surface area contributed by atoms with E-state index in [0.717, 1.165) is 6.29 Å². The van der Waals surface area contributed by atoms with E-state index in [4.69, 9.17) is 0 Å². The van der Waals surface area contributed by atoms with E-state index in [1.807, 2.05) is 0 Å². The van der Waals surface area contributed by atoms with E-state index in [2.05, 4.69) is 9.97 Å². The number of carbonyl (C=O) groups excluding carboxylic acids is 1. The first-order chi connectivity index (χ1) is 5.33. The SMILES string of the molecule is C/C(C=O)=C\c1cnccn1. The molecule has 1 aromatic rings. The Hall–Kier alpha value is -1.51. The van der Waals surface area contributed by atoms with E-state index >= 15 is 0 Å². The van der Waals surface area contributed by atoms with Gasteiger partial charge in [-0.25, -0.2) is 0 Å². The molecule has 0 radical (unpaired) electrons. The second-order valence-corrected chi connectivity index (χ2v) is 2.14. The highest BCUT2D eigenvalue weighted by Crippen LogP contribution is 1.97. The van der Waals surface area contributed by atoms with Gasteiger partial charge in [-0.3, -0.25) is 14.8 Å². The summed E-state index contributed by atoms with van der Waals surface area (Å²) >= 11 is 0. The van der Waals surface area contributed by atoms with Gasteiger partial charge in [-0.2, -0.15) is 0 Å². The minimum absolute atomic E-state index is 0.644. The van der Waals surface area contributed by atoms with Crippen molar-refractivity contribution in [3.63, 3.8) is 0 Å². The molecule has 0 fully saturated rings. The first-order valence-electron chi connectivity index (χ1n) is 3.22. The van der Waals surface area contributed by atoms with E-state index in [9.17, 15) is 4.79 Å². The van der Waals surface area contributed by atoms with Crippen LogP contribution in [0.1, 0.15) is 12.6 Å². The molecule has 1 heterocycles. The Bertz CT molecular complexity index is 267. The van der Waals surface area contributed by atoms with Gasteiger partial charge in [0.2, 0.25) is 0 Å². The molecule has 1 aromatic heterocycles. The number of hydrogen-bond acceptors (Lipinski definition) is 3. The van der Waals surface area contributed by atoms with Crippen LogP contribution in [0.15, 0.2) is 24.2 Å². The maximum absolute atomic E-state index is 10.2. The molecule has 0 saturated carbocycles. The van der Waals surface area contributed by atoms with Crippen molar-refractivity contribution < 1.29 is 4.79 Å². The third-order valence-corrected chi connectivity index (χ3v) is 1.14. The molecule has 0 aromatic carbocycles. The lowest BCUT2D eigenvalue weighted by Gasteiger charge is -1.89. The molecule has 0 spiro atoms. The summed E-state index contributed by atoms with van der Waals surface area (Å²) in [4.78, 5) is 18.0. The average Bonchev–Trinajstić information content (AvgIpc) is 2.06. The van der Waals surface area contributed by atoms with Crippen LogP contribution in [0.5, 0.6) is 0 Å². The molecule has 56 valence electrons. The number of allylic oxidation sites excluding steroid dienone is 1. The Morgan fingerprint density at radius 2 is 2.36 bits per heavy atom. The highest BCUT2D eigenvalue weighted by molar-refractivity contribution is 5.79. The van der Waals surface area contributed by atoms with Crippen LogP contribution >= 0.6 is 0 Å². The van der Waals surface area contributed by atoms with Crippen LogP contribution in [0, 0.1) is 0 Å². The van der Waals surface area contributed by atoms with Crippen molar-refractivity contribution in [2.75, 3.05) is 0 Å². The molecule has 0 N–H and O–H groups in total. The van der Waals surface area contributed by atoms with E-state index in [-0.39, 0.29) is 0 Å². The van der Waals surface area contributed by atoms with Crippen LogP contribution in [0.25, 0.3) is 6.08 Å².